The highest BCUT2D eigenvalue weighted by Gasteiger charge is 2.40. The van der Waals surface area contributed by atoms with Crippen LogP contribution in [0.4, 0.5) is 5.69 Å². The number of rotatable bonds is 5. The topological polar surface area (TPSA) is 61.1 Å². The van der Waals surface area contributed by atoms with E-state index < -0.39 is 0 Å². The molecule has 1 aromatic carbocycles. The lowest BCUT2D eigenvalue weighted by Crippen LogP contribution is -2.28. The number of benzene rings is 1. The fourth-order valence-corrected chi connectivity index (χ4v) is 4.04. The maximum atomic E-state index is 12.3. The van der Waals surface area contributed by atoms with Gasteiger partial charge in [0.25, 0.3) is 5.56 Å². The molecule has 0 saturated heterocycles. The molecule has 1 aliphatic carbocycles. The number of nitrogens with one attached hydrogen (secondary N) is 2. The molecule has 5 heteroatoms. The summed E-state index contributed by atoms with van der Waals surface area (Å²) < 4.78 is 1.62. The molecule has 2 aromatic rings. The van der Waals surface area contributed by atoms with E-state index >= 15 is 0 Å². The Labute approximate surface area is 171 Å². The highest BCUT2D eigenvalue weighted by atomic mass is 16.1. The minimum Gasteiger partial charge on any atom is -0.380 e. The molecule has 1 saturated carbocycles. The van der Waals surface area contributed by atoms with Gasteiger partial charge < -0.3 is 20.2 Å². The largest absolute Gasteiger partial charge is 0.380 e. The van der Waals surface area contributed by atoms with Crippen molar-refractivity contribution in [2.75, 3.05) is 4.90 Å². The van der Waals surface area contributed by atoms with Crippen LogP contribution in [0.25, 0.3) is 0 Å². The summed E-state index contributed by atoms with van der Waals surface area (Å²) in [4.78, 5) is 14.4. The van der Waals surface area contributed by atoms with Gasteiger partial charge in [0.05, 0.1) is 23.1 Å². The zero-order valence-electron chi connectivity index (χ0n) is 17.5. The molecule has 0 bridgehead atoms. The summed E-state index contributed by atoms with van der Waals surface area (Å²) in [6, 6.07) is 10.7. The summed E-state index contributed by atoms with van der Waals surface area (Å²) >= 11 is 0. The summed E-state index contributed by atoms with van der Waals surface area (Å²) in [5.74, 6) is 0. The van der Waals surface area contributed by atoms with E-state index in [1.54, 1.807) is 11.6 Å². The summed E-state index contributed by atoms with van der Waals surface area (Å²) in [6.07, 6.45) is 4.16. The van der Waals surface area contributed by atoms with Crippen molar-refractivity contribution in [2.45, 2.75) is 45.7 Å². The van der Waals surface area contributed by atoms with Crippen molar-refractivity contribution < 1.29 is 0 Å². The van der Waals surface area contributed by atoms with Gasteiger partial charge in [-0.15, -0.1) is 0 Å². The molecule has 4 rings (SSSR count). The normalized spacial score (nSPS) is 19.1. The van der Waals surface area contributed by atoms with Gasteiger partial charge in [-0.1, -0.05) is 36.4 Å². The number of pyridine rings is 1. The Morgan fingerprint density at radius 2 is 1.86 bits per heavy atom. The molecule has 0 amide bonds. The van der Waals surface area contributed by atoms with E-state index in [9.17, 15) is 4.79 Å². The SMILES string of the molecule is C=C1C(NC2CC2)=C(C(C)=N)C(c2ccc(C)cc2)N1c1cc(C)c(=O)n(C)c1. The van der Waals surface area contributed by atoms with Gasteiger partial charge in [0.2, 0.25) is 0 Å². The predicted octanol–water partition coefficient (Wildman–Crippen LogP) is 4.12. The molecule has 5 nitrogen and oxygen atoms in total. The molecule has 2 N–H and O–H groups in total. The van der Waals surface area contributed by atoms with Crippen molar-refractivity contribution >= 4 is 11.4 Å². The molecule has 0 spiro atoms. The molecular formula is C24H28N4O. The van der Waals surface area contributed by atoms with Gasteiger partial charge in [-0.2, -0.15) is 0 Å². The van der Waals surface area contributed by atoms with E-state index in [4.69, 9.17) is 5.41 Å². The van der Waals surface area contributed by atoms with Gasteiger partial charge in [0.1, 0.15) is 0 Å². The number of hydrogen-bond acceptors (Lipinski definition) is 4. The van der Waals surface area contributed by atoms with E-state index in [1.165, 1.54) is 5.56 Å². The summed E-state index contributed by atoms with van der Waals surface area (Å²) in [5, 5.41) is 12.2. The highest BCUT2D eigenvalue weighted by molar-refractivity contribution is 6.01. The molecular weight excluding hydrogens is 360 g/mol. The van der Waals surface area contributed by atoms with Crippen LogP contribution in [-0.2, 0) is 7.05 Å². The lowest BCUT2D eigenvalue weighted by molar-refractivity contribution is 0.796. The van der Waals surface area contributed by atoms with Crippen LogP contribution in [0.15, 0.2) is 64.9 Å². The van der Waals surface area contributed by atoms with E-state index in [-0.39, 0.29) is 11.6 Å². The van der Waals surface area contributed by atoms with Gasteiger partial charge in [-0.3, -0.25) is 4.79 Å². The molecule has 1 fully saturated rings. The Morgan fingerprint density at radius 3 is 2.41 bits per heavy atom. The van der Waals surface area contributed by atoms with Gasteiger partial charge in [0, 0.05) is 36.1 Å². The summed E-state index contributed by atoms with van der Waals surface area (Å²) in [7, 11) is 1.78. The summed E-state index contributed by atoms with van der Waals surface area (Å²) in [6.45, 7) is 10.2. The summed E-state index contributed by atoms with van der Waals surface area (Å²) in [5.41, 5.74) is 7.20. The van der Waals surface area contributed by atoms with Crippen LogP contribution in [0.5, 0.6) is 0 Å². The molecule has 2 aliphatic rings. The Kier molecular flexibility index (Phi) is 4.69. The van der Waals surface area contributed by atoms with Crippen molar-refractivity contribution in [3.63, 3.8) is 0 Å². The third kappa shape index (κ3) is 3.41. The quantitative estimate of drug-likeness (QED) is 0.758. The Bertz CT molecular complexity index is 1060. The van der Waals surface area contributed by atoms with E-state index in [2.05, 4.69) is 48.0 Å². The van der Waals surface area contributed by atoms with Crippen molar-refractivity contribution in [3.05, 3.63) is 87.1 Å². The number of hydrogen-bond donors (Lipinski definition) is 2. The number of nitrogens with zero attached hydrogens (tertiary/aromatic N) is 2. The van der Waals surface area contributed by atoms with Crippen LogP contribution in [0.2, 0.25) is 0 Å². The van der Waals surface area contributed by atoms with Crippen molar-refractivity contribution in [1.82, 2.24) is 9.88 Å². The van der Waals surface area contributed by atoms with E-state index in [1.807, 2.05) is 26.1 Å². The Morgan fingerprint density at radius 1 is 1.21 bits per heavy atom. The van der Waals surface area contributed by atoms with Crippen LogP contribution in [-0.4, -0.2) is 16.3 Å². The van der Waals surface area contributed by atoms with Gasteiger partial charge in [-0.25, -0.2) is 0 Å². The molecule has 1 aromatic heterocycles. The fraction of sp³-hybridized carbons (Fsp3) is 0.333. The maximum Gasteiger partial charge on any atom is 0.253 e. The number of aryl methyl sites for hydroxylation is 3. The molecule has 0 radical (unpaired) electrons. The van der Waals surface area contributed by atoms with Crippen LogP contribution < -0.4 is 15.8 Å². The van der Waals surface area contributed by atoms with Gasteiger partial charge in [0.15, 0.2) is 0 Å². The van der Waals surface area contributed by atoms with Crippen molar-refractivity contribution in [2.24, 2.45) is 7.05 Å². The third-order valence-electron chi connectivity index (χ3n) is 5.73. The number of anilines is 1. The average molecular weight is 389 g/mol. The second-order valence-corrected chi connectivity index (χ2v) is 8.26. The third-order valence-corrected chi connectivity index (χ3v) is 5.73. The van der Waals surface area contributed by atoms with Gasteiger partial charge >= 0.3 is 0 Å². The van der Waals surface area contributed by atoms with Crippen LogP contribution in [0.1, 0.15) is 42.5 Å². The smallest absolute Gasteiger partial charge is 0.253 e. The molecule has 2 heterocycles. The van der Waals surface area contributed by atoms with Crippen LogP contribution in [0, 0.1) is 19.3 Å². The first kappa shape index (κ1) is 19.2. The second-order valence-electron chi connectivity index (χ2n) is 8.26. The first-order valence-corrected chi connectivity index (χ1v) is 10.1. The monoisotopic (exact) mass is 388 g/mol. The Balaban J connectivity index is 1.91. The average Bonchev–Trinajstić information content (AvgIpc) is 3.44. The second kappa shape index (κ2) is 7.07. The predicted molar refractivity (Wildman–Crippen MR) is 119 cm³/mol. The molecule has 1 unspecified atom stereocenters. The zero-order valence-corrected chi connectivity index (χ0v) is 17.5. The van der Waals surface area contributed by atoms with Crippen LogP contribution in [0.3, 0.4) is 0 Å². The van der Waals surface area contributed by atoms with Crippen molar-refractivity contribution in [1.29, 1.82) is 5.41 Å². The lowest BCUT2D eigenvalue weighted by Gasteiger charge is -2.30. The minimum absolute atomic E-state index is 0.00167. The maximum absolute atomic E-state index is 12.3. The lowest BCUT2D eigenvalue weighted by atomic mass is 9.95. The first-order chi connectivity index (χ1) is 13.8. The Hall–Kier alpha value is -3.08. The van der Waals surface area contributed by atoms with Crippen LogP contribution >= 0.6 is 0 Å². The molecule has 1 aliphatic heterocycles. The van der Waals surface area contributed by atoms with Crippen molar-refractivity contribution in [3.8, 4) is 0 Å². The minimum atomic E-state index is -0.154. The van der Waals surface area contributed by atoms with Gasteiger partial charge in [-0.05, 0) is 45.2 Å². The standard InChI is InChI=1S/C24H28N4O/c1-14-6-8-18(9-7-14)23-21(16(3)25)22(26-19-10-11-19)17(4)28(23)20-12-15(2)24(29)27(5)13-20/h6-9,12-13,19,23,25-26H,4,10-11H2,1-3,5H3. The van der Waals surface area contributed by atoms with E-state index in [0.29, 0.717) is 17.3 Å². The first-order valence-electron chi connectivity index (χ1n) is 10.1. The number of aromatic nitrogens is 1. The van der Waals surface area contributed by atoms with E-state index in [0.717, 1.165) is 41.1 Å². The zero-order chi connectivity index (χ0) is 20.9. The molecule has 150 valence electrons. The highest BCUT2D eigenvalue weighted by Crippen LogP contribution is 2.45. The fourth-order valence-electron chi connectivity index (χ4n) is 4.04. The molecule has 1 atom stereocenters. The molecule has 29 heavy (non-hydrogen) atoms.